The third-order valence-corrected chi connectivity index (χ3v) is 5.44. The maximum absolute atomic E-state index is 12.9. The Hall–Kier alpha value is -2.57. The monoisotopic (exact) mass is 414 g/mol. The quantitative estimate of drug-likeness (QED) is 0.720. The molecule has 2 amide bonds. The number of carbonyl (C=O) groups excluding carboxylic acids is 2. The smallest absolute Gasteiger partial charge is 0.237 e. The molecule has 1 aliphatic rings. The van der Waals surface area contributed by atoms with Crippen LogP contribution in [0, 0.1) is 0 Å². The number of amides is 2. The van der Waals surface area contributed by atoms with Gasteiger partial charge in [-0.3, -0.25) is 14.5 Å². The highest BCUT2D eigenvalue weighted by Crippen LogP contribution is 2.26. The number of primary amides is 1. The van der Waals surface area contributed by atoms with Crippen molar-refractivity contribution in [3.05, 3.63) is 65.2 Å². The normalized spacial score (nSPS) is 14.6. The minimum atomic E-state index is -0.399. The summed E-state index contributed by atoms with van der Waals surface area (Å²) < 4.78 is 0. The van der Waals surface area contributed by atoms with Gasteiger partial charge in [0.25, 0.3) is 0 Å². The van der Waals surface area contributed by atoms with Crippen LogP contribution in [0.25, 0.3) is 0 Å². The van der Waals surface area contributed by atoms with Crippen LogP contribution in [-0.2, 0) is 16.1 Å². The highest BCUT2D eigenvalue weighted by atomic mass is 35.5. The van der Waals surface area contributed by atoms with Crippen molar-refractivity contribution in [2.45, 2.75) is 13.0 Å². The summed E-state index contributed by atoms with van der Waals surface area (Å²) in [4.78, 5) is 30.3. The molecule has 2 N–H and O–H groups in total. The van der Waals surface area contributed by atoms with Gasteiger partial charge in [0.1, 0.15) is 0 Å². The molecule has 6 nitrogen and oxygen atoms in total. The van der Waals surface area contributed by atoms with Gasteiger partial charge < -0.3 is 15.5 Å². The predicted molar refractivity (Wildman–Crippen MR) is 116 cm³/mol. The number of nitrogens with two attached hydrogens (primary N) is 1. The van der Waals surface area contributed by atoms with Crippen LogP contribution in [0.1, 0.15) is 12.0 Å². The SMILES string of the molecule is NC(=O)CCN(Cc1ccccc1)C(=O)CN1CCN(c2ccccc2Cl)CC1. The van der Waals surface area contributed by atoms with Gasteiger partial charge in [-0.15, -0.1) is 0 Å². The molecule has 1 fully saturated rings. The van der Waals surface area contributed by atoms with Crippen LogP contribution >= 0.6 is 11.6 Å². The summed E-state index contributed by atoms with van der Waals surface area (Å²) in [5.74, 6) is -0.384. The summed E-state index contributed by atoms with van der Waals surface area (Å²) >= 11 is 6.30. The van der Waals surface area contributed by atoms with E-state index in [1.54, 1.807) is 4.90 Å². The molecule has 0 aliphatic carbocycles. The summed E-state index contributed by atoms with van der Waals surface area (Å²) in [6.07, 6.45) is 0.166. The zero-order valence-electron chi connectivity index (χ0n) is 16.5. The molecule has 154 valence electrons. The molecule has 0 spiro atoms. The Morgan fingerprint density at radius 1 is 0.966 bits per heavy atom. The van der Waals surface area contributed by atoms with Gasteiger partial charge in [0, 0.05) is 45.7 Å². The Bertz CT molecular complexity index is 823. The van der Waals surface area contributed by atoms with Crippen LogP contribution in [0.15, 0.2) is 54.6 Å². The van der Waals surface area contributed by atoms with E-state index in [4.69, 9.17) is 17.3 Å². The number of benzene rings is 2. The van der Waals surface area contributed by atoms with E-state index in [1.807, 2.05) is 54.6 Å². The average molecular weight is 415 g/mol. The van der Waals surface area contributed by atoms with Gasteiger partial charge in [-0.25, -0.2) is 0 Å². The van der Waals surface area contributed by atoms with Gasteiger partial charge in [0.05, 0.1) is 17.3 Å². The van der Waals surface area contributed by atoms with Crippen LogP contribution < -0.4 is 10.6 Å². The van der Waals surface area contributed by atoms with Crippen LogP contribution in [0.4, 0.5) is 5.69 Å². The maximum atomic E-state index is 12.9. The summed E-state index contributed by atoms with van der Waals surface area (Å²) in [6.45, 7) is 4.35. The molecule has 2 aromatic carbocycles. The second-order valence-corrected chi connectivity index (χ2v) is 7.64. The van der Waals surface area contributed by atoms with E-state index >= 15 is 0 Å². The number of nitrogens with zero attached hydrogens (tertiary/aromatic N) is 3. The van der Waals surface area contributed by atoms with E-state index in [2.05, 4.69) is 9.80 Å². The molecule has 0 radical (unpaired) electrons. The molecule has 29 heavy (non-hydrogen) atoms. The Labute approximate surface area is 176 Å². The fraction of sp³-hybridized carbons (Fsp3) is 0.364. The average Bonchev–Trinajstić information content (AvgIpc) is 2.73. The van der Waals surface area contributed by atoms with E-state index in [1.165, 1.54) is 0 Å². The lowest BCUT2D eigenvalue weighted by atomic mass is 10.2. The van der Waals surface area contributed by atoms with E-state index in [9.17, 15) is 9.59 Å². The maximum Gasteiger partial charge on any atom is 0.237 e. The van der Waals surface area contributed by atoms with Crippen molar-refractivity contribution < 1.29 is 9.59 Å². The van der Waals surface area contributed by atoms with E-state index in [0.29, 0.717) is 19.6 Å². The van der Waals surface area contributed by atoms with Crippen molar-refractivity contribution in [1.82, 2.24) is 9.80 Å². The van der Waals surface area contributed by atoms with Gasteiger partial charge in [0.15, 0.2) is 0 Å². The summed E-state index contributed by atoms with van der Waals surface area (Å²) in [6, 6.07) is 17.6. The zero-order valence-corrected chi connectivity index (χ0v) is 17.2. The van der Waals surface area contributed by atoms with Crippen molar-refractivity contribution >= 4 is 29.1 Å². The van der Waals surface area contributed by atoms with Gasteiger partial charge in [-0.05, 0) is 17.7 Å². The van der Waals surface area contributed by atoms with E-state index < -0.39 is 5.91 Å². The summed E-state index contributed by atoms with van der Waals surface area (Å²) in [7, 11) is 0. The van der Waals surface area contributed by atoms with Crippen LogP contribution in [0.2, 0.25) is 5.02 Å². The molecule has 0 atom stereocenters. The number of hydrogen-bond acceptors (Lipinski definition) is 4. The molecule has 1 saturated heterocycles. The van der Waals surface area contributed by atoms with Gasteiger partial charge in [0.2, 0.25) is 11.8 Å². The van der Waals surface area contributed by atoms with Crippen LogP contribution in [0.5, 0.6) is 0 Å². The van der Waals surface area contributed by atoms with Crippen molar-refractivity contribution in [2.75, 3.05) is 44.2 Å². The predicted octanol–water partition coefficient (Wildman–Crippen LogP) is 2.37. The van der Waals surface area contributed by atoms with E-state index in [-0.39, 0.29) is 12.3 Å². The number of hydrogen-bond donors (Lipinski definition) is 1. The first-order valence-corrected chi connectivity index (χ1v) is 10.2. The second kappa shape index (κ2) is 10.3. The highest BCUT2D eigenvalue weighted by molar-refractivity contribution is 6.33. The third kappa shape index (κ3) is 6.21. The van der Waals surface area contributed by atoms with Crippen LogP contribution in [0.3, 0.4) is 0 Å². The van der Waals surface area contributed by atoms with Crippen LogP contribution in [-0.4, -0.2) is 60.9 Å². The van der Waals surface area contributed by atoms with Gasteiger partial charge in [-0.1, -0.05) is 54.1 Å². The molecule has 0 aromatic heterocycles. The largest absolute Gasteiger partial charge is 0.370 e. The molecule has 3 rings (SSSR count). The first-order chi connectivity index (χ1) is 14.0. The topological polar surface area (TPSA) is 69.9 Å². The molecule has 7 heteroatoms. The first-order valence-electron chi connectivity index (χ1n) is 9.85. The number of anilines is 1. The summed E-state index contributed by atoms with van der Waals surface area (Å²) in [5, 5.41) is 0.748. The second-order valence-electron chi connectivity index (χ2n) is 7.23. The van der Waals surface area contributed by atoms with E-state index in [0.717, 1.165) is 42.5 Å². The fourth-order valence-corrected chi connectivity index (χ4v) is 3.74. The molecular formula is C22H27ClN4O2. The molecule has 0 bridgehead atoms. The fourth-order valence-electron chi connectivity index (χ4n) is 3.49. The minimum absolute atomic E-state index is 0.0151. The highest BCUT2D eigenvalue weighted by Gasteiger charge is 2.23. The molecule has 0 saturated carbocycles. The number of piperazine rings is 1. The molecule has 2 aromatic rings. The number of rotatable bonds is 8. The van der Waals surface area contributed by atoms with Gasteiger partial charge >= 0.3 is 0 Å². The Balaban J connectivity index is 1.56. The third-order valence-electron chi connectivity index (χ3n) is 5.12. The Morgan fingerprint density at radius 3 is 2.28 bits per heavy atom. The van der Waals surface area contributed by atoms with Crippen molar-refractivity contribution in [1.29, 1.82) is 0 Å². The zero-order chi connectivity index (χ0) is 20.6. The lowest BCUT2D eigenvalue weighted by molar-refractivity contribution is -0.133. The summed E-state index contributed by atoms with van der Waals surface area (Å²) in [5.41, 5.74) is 7.37. The lowest BCUT2D eigenvalue weighted by Gasteiger charge is -2.37. The lowest BCUT2D eigenvalue weighted by Crippen LogP contribution is -2.50. The molecule has 1 aliphatic heterocycles. The standard InChI is InChI=1S/C22H27ClN4O2/c23-19-8-4-5-9-20(19)26-14-12-25(13-15-26)17-22(29)27(11-10-21(24)28)16-18-6-2-1-3-7-18/h1-9H,10-17H2,(H2,24,28). The number of para-hydroxylation sites is 1. The van der Waals surface area contributed by atoms with Crippen molar-refractivity contribution in [2.24, 2.45) is 5.73 Å². The molecular weight excluding hydrogens is 388 g/mol. The van der Waals surface area contributed by atoms with Crippen molar-refractivity contribution in [3.63, 3.8) is 0 Å². The molecule has 0 unspecified atom stereocenters. The number of carbonyl (C=O) groups is 2. The first kappa shape index (κ1) is 21.1. The Morgan fingerprint density at radius 2 is 1.62 bits per heavy atom. The Kier molecular flexibility index (Phi) is 7.49. The number of halogens is 1. The van der Waals surface area contributed by atoms with Gasteiger partial charge in [-0.2, -0.15) is 0 Å². The van der Waals surface area contributed by atoms with Crippen molar-refractivity contribution in [3.8, 4) is 0 Å². The molecule has 1 heterocycles. The minimum Gasteiger partial charge on any atom is -0.370 e.